The normalized spacial score (nSPS) is 19.0. The summed E-state index contributed by atoms with van der Waals surface area (Å²) in [7, 11) is 0. The molecule has 1 amide bonds. The number of nitrogens with zero attached hydrogens (tertiary/aromatic N) is 2. The van der Waals surface area contributed by atoms with E-state index in [0.717, 1.165) is 35.1 Å². The number of benzene rings is 1. The van der Waals surface area contributed by atoms with Crippen LogP contribution in [0.25, 0.3) is 0 Å². The Morgan fingerprint density at radius 2 is 2.07 bits per heavy atom. The van der Waals surface area contributed by atoms with Crippen molar-refractivity contribution in [3.63, 3.8) is 0 Å². The molecular weight excluding hydrogens is 398 g/mol. The average molecular weight is 430 g/mol. The molecule has 1 N–H and O–H groups in total. The first-order chi connectivity index (χ1) is 14.3. The molecule has 0 saturated carbocycles. The van der Waals surface area contributed by atoms with E-state index in [9.17, 15) is 9.59 Å². The number of fused-ring (bicyclic) bond motifs is 1. The van der Waals surface area contributed by atoms with Crippen LogP contribution >= 0.6 is 11.8 Å². The summed E-state index contributed by atoms with van der Waals surface area (Å²) in [4.78, 5) is 32.2. The van der Waals surface area contributed by atoms with Gasteiger partial charge in [0.25, 0.3) is 0 Å². The van der Waals surface area contributed by atoms with Crippen LogP contribution in [-0.2, 0) is 14.3 Å². The van der Waals surface area contributed by atoms with E-state index in [4.69, 9.17) is 9.73 Å². The molecule has 2 heterocycles. The molecule has 6 nitrogen and oxygen atoms in total. The maximum Gasteiger partial charge on any atom is 0.338 e. The van der Waals surface area contributed by atoms with Crippen LogP contribution < -0.4 is 5.32 Å². The SMILES string of the molecule is CC1=C(C(=O)OC(C)C)[C@@H](c2cccc(NC(=O)CC(C)C)c2)N2CCCSC2=N1. The van der Waals surface area contributed by atoms with Crippen LogP contribution in [0.3, 0.4) is 0 Å². The smallest absolute Gasteiger partial charge is 0.338 e. The van der Waals surface area contributed by atoms with Gasteiger partial charge in [0.1, 0.15) is 0 Å². The molecule has 2 aliphatic rings. The number of nitrogens with one attached hydrogen (secondary N) is 1. The minimum atomic E-state index is -0.333. The summed E-state index contributed by atoms with van der Waals surface area (Å²) in [6, 6.07) is 7.48. The van der Waals surface area contributed by atoms with Gasteiger partial charge in [-0.25, -0.2) is 9.79 Å². The second kappa shape index (κ2) is 9.69. The van der Waals surface area contributed by atoms with Crippen LogP contribution in [0.4, 0.5) is 5.69 Å². The second-order valence-corrected chi connectivity index (χ2v) is 9.48. The first kappa shape index (κ1) is 22.4. The Morgan fingerprint density at radius 1 is 1.30 bits per heavy atom. The summed E-state index contributed by atoms with van der Waals surface area (Å²) >= 11 is 1.72. The Kier molecular flexibility index (Phi) is 7.23. The van der Waals surface area contributed by atoms with E-state index in [0.29, 0.717) is 23.6 Å². The van der Waals surface area contributed by atoms with E-state index in [1.807, 2.05) is 58.9 Å². The van der Waals surface area contributed by atoms with Gasteiger partial charge in [-0.05, 0) is 50.8 Å². The summed E-state index contributed by atoms with van der Waals surface area (Å²) in [5.41, 5.74) is 2.95. The Labute approximate surface area is 183 Å². The summed E-state index contributed by atoms with van der Waals surface area (Å²) in [6.07, 6.45) is 1.29. The van der Waals surface area contributed by atoms with Gasteiger partial charge in [0.2, 0.25) is 5.91 Å². The van der Waals surface area contributed by atoms with Crippen LogP contribution in [-0.4, -0.2) is 40.3 Å². The number of aliphatic imine (C=N–C) groups is 1. The van der Waals surface area contributed by atoms with E-state index >= 15 is 0 Å². The fourth-order valence-corrected chi connectivity index (χ4v) is 4.74. The van der Waals surface area contributed by atoms with Crippen molar-refractivity contribution < 1.29 is 14.3 Å². The van der Waals surface area contributed by atoms with E-state index in [1.54, 1.807) is 11.8 Å². The summed E-state index contributed by atoms with van der Waals surface area (Å²) in [5.74, 6) is 0.971. The van der Waals surface area contributed by atoms with E-state index in [1.165, 1.54) is 0 Å². The van der Waals surface area contributed by atoms with Gasteiger partial charge in [0, 0.05) is 24.4 Å². The number of allylic oxidation sites excluding steroid dienone is 1. The minimum absolute atomic E-state index is 0.00672. The molecule has 0 spiro atoms. The third kappa shape index (κ3) is 5.25. The number of hydrogen-bond acceptors (Lipinski definition) is 6. The molecule has 0 aromatic heterocycles. The van der Waals surface area contributed by atoms with Gasteiger partial charge in [0.15, 0.2) is 5.17 Å². The Hall–Kier alpha value is -2.28. The number of amidine groups is 1. The largest absolute Gasteiger partial charge is 0.459 e. The molecular formula is C23H31N3O3S. The summed E-state index contributed by atoms with van der Waals surface area (Å²) in [6.45, 7) is 10.4. The Bertz CT molecular complexity index is 876. The van der Waals surface area contributed by atoms with Gasteiger partial charge in [-0.3, -0.25) is 4.79 Å². The third-order valence-electron chi connectivity index (χ3n) is 4.90. The highest BCUT2D eigenvalue weighted by atomic mass is 32.2. The molecule has 0 aliphatic carbocycles. The molecule has 0 bridgehead atoms. The standard InChI is InChI=1S/C23H31N3O3S/c1-14(2)12-19(27)25-18-9-6-8-17(13-18)21-20(22(28)29-15(3)4)16(5)24-23-26(21)10-7-11-30-23/h6,8-9,13-15,21H,7,10-12H2,1-5H3,(H,25,27)/t21-/m1/s1. The van der Waals surface area contributed by atoms with Crippen molar-refractivity contribution in [2.45, 2.75) is 59.6 Å². The zero-order valence-electron chi connectivity index (χ0n) is 18.4. The van der Waals surface area contributed by atoms with E-state index < -0.39 is 0 Å². The predicted octanol–water partition coefficient (Wildman–Crippen LogP) is 4.75. The predicted molar refractivity (Wildman–Crippen MR) is 122 cm³/mol. The number of carbonyl (C=O) groups excluding carboxylic acids is 2. The highest BCUT2D eigenvalue weighted by Crippen LogP contribution is 2.40. The molecule has 30 heavy (non-hydrogen) atoms. The Morgan fingerprint density at radius 3 is 2.77 bits per heavy atom. The van der Waals surface area contributed by atoms with Crippen LogP contribution in [0.5, 0.6) is 0 Å². The van der Waals surface area contributed by atoms with Gasteiger partial charge in [-0.2, -0.15) is 0 Å². The van der Waals surface area contributed by atoms with Crippen LogP contribution in [0.2, 0.25) is 0 Å². The first-order valence-electron chi connectivity index (χ1n) is 10.6. The maximum atomic E-state index is 13.0. The second-order valence-electron chi connectivity index (χ2n) is 8.42. The number of carbonyl (C=O) groups is 2. The first-order valence-corrected chi connectivity index (χ1v) is 11.5. The summed E-state index contributed by atoms with van der Waals surface area (Å²) < 4.78 is 5.56. The minimum Gasteiger partial charge on any atom is -0.459 e. The lowest BCUT2D eigenvalue weighted by atomic mass is 9.94. The molecule has 1 aromatic carbocycles. The van der Waals surface area contributed by atoms with Gasteiger partial charge in [-0.1, -0.05) is 37.7 Å². The lowest BCUT2D eigenvalue weighted by molar-refractivity contribution is -0.143. The highest BCUT2D eigenvalue weighted by Gasteiger charge is 2.38. The lowest BCUT2D eigenvalue weighted by Gasteiger charge is -2.40. The molecule has 162 valence electrons. The van der Waals surface area contributed by atoms with E-state index in [2.05, 4.69) is 10.2 Å². The fourth-order valence-electron chi connectivity index (χ4n) is 3.72. The zero-order valence-corrected chi connectivity index (χ0v) is 19.2. The van der Waals surface area contributed by atoms with Crippen LogP contribution in [0.1, 0.15) is 59.1 Å². The van der Waals surface area contributed by atoms with Gasteiger partial charge in [0.05, 0.1) is 23.4 Å². The van der Waals surface area contributed by atoms with Crippen molar-refractivity contribution in [3.8, 4) is 0 Å². The van der Waals surface area contributed by atoms with E-state index in [-0.39, 0.29) is 24.0 Å². The number of esters is 1. The van der Waals surface area contributed by atoms with Gasteiger partial charge < -0.3 is 15.0 Å². The fraction of sp³-hybridized carbons (Fsp3) is 0.522. The van der Waals surface area contributed by atoms with Crippen molar-refractivity contribution in [1.29, 1.82) is 0 Å². The number of hydrogen-bond donors (Lipinski definition) is 1. The lowest BCUT2D eigenvalue weighted by Crippen LogP contribution is -2.42. The van der Waals surface area contributed by atoms with Crippen molar-refractivity contribution in [2.75, 3.05) is 17.6 Å². The van der Waals surface area contributed by atoms with Crippen LogP contribution in [0, 0.1) is 5.92 Å². The molecule has 1 atom stereocenters. The number of amides is 1. The van der Waals surface area contributed by atoms with Gasteiger partial charge in [-0.15, -0.1) is 0 Å². The van der Waals surface area contributed by atoms with Crippen molar-refractivity contribution >= 4 is 34.5 Å². The number of rotatable bonds is 6. The topological polar surface area (TPSA) is 71.0 Å². The maximum absolute atomic E-state index is 13.0. The molecule has 3 rings (SSSR count). The highest BCUT2D eigenvalue weighted by molar-refractivity contribution is 8.13. The molecule has 0 unspecified atom stereocenters. The Balaban J connectivity index is 1.98. The van der Waals surface area contributed by atoms with Crippen molar-refractivity contribution in [2.24, 2.45) is 10.9 Å². The molecule has 1 aromatic rings. The number of thioether (sulfide) groups is 1. The average Bonchev–Trinajstić information content (AvgIpc) is 2.65. The van der Waals surface area contributed by atoms with Crippen molar-refractivity contribution in [3.05, 3.63) is 41.1 Å². The number of anilines is 1. The van der Waals surface area contributed by atoms with Gasteiger partial charge >= 0.3 is 5.97 Å². The number of ether oxygens (including phenoxy) is 1. The molecule has 2 aliphatic heterocycles. The zero-order chi connectivity index (χ0) is 21.8. The molecule has 0 radical (unpaired) electrons. The molecule has 1 saturated heterocycles. The monoisotopic (exact) mass is 429 g/mol. The molecule has 7 heteroatoms. The molecule has 1 fully saturated rings. The van der Waals surface area contributed by atoms with Crippen molar-refractivity contribution in [1.82, 2.24) is 4.90 Å². The third-order valence-corrected chi connectivity index (χ3v) is 5.98. The quantitative estimate of drug-likeness (QED) is 0.661. The van der Waals surface area contributed by atoms with Crippen LogP contribution in [0.15, 0.2) is 40.5 Å². The summed E-state index contributed by atoms with van der Waals surface area (Å²) in [5, 5.41) is 3.93.